The summed E-state index contributed by atoms with van der Waals surface area (Å²) >= 11 is 1.69. The molecule has 2 fully saturated rings. The van der Waals surface area contributed by atoms with Crippen LogP contribution in [-0.4, -0.2) is 42.6 Å². The molecule has 3 rings (SSSR count). The number of rotatable bonds is 9. The third-order valence-corrected chi connectivity index (χ3v) is 6.86. The standard InChI is InChI=1S/C20H32N2O2S/c1-3-11-22(15-19(23)21-14-16-8-7-12-25-16)17-13-18(24-4-2)20(17)9-5-6-10-20/h7-8,12,17-18H,3-6,9-11,13-15H2,1-2H3,(H,21,23)/t17-,18-/m1/s1. The van der Waals surface area contributed by atoms with E-state index in [-0.39, 0.29) is 5.91 Å². The van der Waals surface area contributed by atoms with Crippen LogP contribution in [-0.2, 0) is 16.1 Å². The summed E-state index contributed by atoms with van der Waals surface area (Å²) in [6, 6.07) is 4.61. The van der Waals surface area contributed by atoms with Crippen molar-refractivity contribution >= 4 is 17.2 Å². The second-order valence-corrected chi connectivity index (χ2v) is 8.49. The molecule has 2 atom stereocenters. The van der Waals surface area contributed by atoms with Crippen molar-refractivity contribution in [3.8, 4) is 0 Å². The molecule has 2 aliphatic carbocycles. The molecule has 1 amide bonds. The Morgan fingerprint density at radius 2 is 2.20 bits per heavy atom. The molecule has 5 heteroatoms. The van der Waals surface area contributed by atoms with Gasteiger partial charge >= 0.3 is 0 Å². The first-order valence-corrected chi connectivity index (χ1v) is 10.7. The highest BCUT2D eigenvalue weighted by atomic mass is 32.1. The van der Waals surface area contributed by atoms with Crippen molar-refractivity contribution in [1.29, 1.82) is 0 Å². The Bertz CT molecular complexity index is 540. The Morgan fingerprint density at radius 3 is 2.84 bits per heavy atom. The molecule has 0 radical (unpaired) electrons. The number of carbonyl (C=O) groups is 1. The zero-order valence-electron chi connectivity index (χ0n) is 15.6. The van der Waals surface area contributed by atoms with Crippen LogP contribution in [0.5, 0.6) is 0 Å². The fraction of sp³-hybridized carbons (Fsp3) is 0.750. The Balaban J connectivity index is 1.59. The fourth-order valence-electron chi connectivity index (χ4n) is 4.83. The van der Waals surface area contributed by atoms with Gasteiger partial charge in [-0.15, -0.1) is 11.3 Å². The van der Waals surface area contributed by atoms with Gasteiger partial charge in [0, 0.05) is 22.9 Å². The van der Waals surface area contributed by atoms with Crippen molar-refractivity contribution in [3.63, 3.8) is 0 Å². The number of carbonyl (C=O) groups excluding carboxylic acids is 1. The Morgan fingerprint density at radius 1 is 1.40 bits per heavy atom. The van der Waals surface area contributed by atoms with E-state index in [4.69, 9.17) is 4.74 Å². The van der Waals surface area contributed by atoms with Crippen LogP contribution in [0.3, 0.4) is 0 Å². The maximum Gasteiger partial charge on any atom is 0.234 e. The van der Waals surface area contributed by atoms with Crippen LogP contribution in [0.1, 0.15) is 57.2 Å². The van der Waals surface area contributed by atoms with Crippen LogP contribution in [0.15, 0.2) is 17.5 Å². The topological polar surface area (TPSA) is 41.6 Å². The summed E-state index contributed by atoms with van der Waals surface area (Å²) in [7, 11) is 0. The highest BCUT2D eigenvalue weighted by molar-refractivity contribution is 7.09. The lowest BCUT2D eigenvalue weighted by Crippen LogP contribution is -2.64. The van der Waals surface area contributed by atoms with Crippen molar-refractivity contribution in [2.75, 3.05) is 19.7 Å². The minimum Gasteiger partial charge on any atom is -0.378 e. The first kappa shape index (κ1) is 18.9. The molecular weight excluding hydrogens is 332 g/mol. The van der Waals surface area contributed by atoms with Crippen LogP contribution >= 0.6 is 11.3 Å². The summed E-state index contributed by atoms with van der Waals surface area (Å²) in [6.45, 7) is 7.26. The van der Waals surface area contributed by atoms with Gasteiger partial charge in [0.2, 0.25) is 5.91 Å². The normalized spacial score (nSPS) is 24.6. The van der Waals surface area contributed by atoms with Crippen LogP contribution < -0.4 is 5.32 Å². The summed E-state index contributed by atoms with van der Waals surface area (Å²) < 4.78 is 6.05. The average Bonchev–Trinajstić information content (AvgIpc) is 3.29. The SMILES string of the molecule is CCCN(CC(=O)NCc1cccs1)[C@@H]1C[C@@H](OCC)C12CCCC2. The van der Waals surface area contributed by atoms with Gasteiger partial charge in [-0.3, -0.25) is 9.69 Å². The molecule has 2 saturated carbocycles. The zero-order valence-corrected chi connectivity index (χ0v) is 16.4. The quantitative estimate of drug-likeness (QED) is 0.724. The zero-order chi connectivity index (χ0) is 17.7. The number of amides is 1. The lowest BCUT2D eigenvalue weighted by molar-refractivity contribution is -0.167. The van der Waals surface area contributed by atoms with Gasteiger partial charge in [0.25, 0.3) is 0 Å². The maximum atomic E-state index is 12.5. The molecule has 0 bridgehead atoms. The second-order valence-electron chi connectivity index (χ2n) is 7.46. The largest absolute Gasteiger partial charge is 0.378 e. The van der Waals surface area contributed by atoms with Gasteiger partial charge in [0.1, 0.15) is 0 Å². The van der Waals surface area contributed by atoms with Crippen molar-refractivity contribution in [2.24, 2.45) is 5.41 Å². The number of hydrogen-bond donors (Lipinski definition) is 1. The Labute approximate surface area is 155 Å². The van der Waals surface area contributed by atoms with E-state index in [2.05, 4.69) is 35.5 Å². The van der Waals surface area contributed by atoms with Crippen LogP contribution in [0.25, 0.3) is 0 Å². The molecule has 1 N–H and O–H groups in total. The molecule has 0 unspecified atom stereocenters. The maximum absolute atomic E-state index is 12.5. The molecule has 0 aliphatic heterocycles. The molecule has 0 saturated heterocycles. The van der Waals surface area contributed by atoms with Crippen LogP contribution in [0.4, 0.5) is 0 Å². The predicted octanol–water partition coefficient (Wildman–Crippen LogP) is 3.81. The third-order valence-electron chi connectivity index (χ3n) is 5.98. The molecule has 25 heavy (non-hydrogen) atoms. The highest BCUT2D eigenvalue weighted by Crippen LogP contribution is 2.56. The van der Waals surface area contributed by atoms with E-state index < -0.39 is 0 Å². The molecule has 1 aromatic heterocycles. The first-order chi connectivity index (χ1) is 12.2. The number of nitrogens with one attached hydrogen (secondary N) is 1. The summed E-state index contributed by atoms with van der Waals surface area (Å²) in [5.74, 6) is 0.148. The number of ether oxygens (including phenoxy) is 1. The molecule has 0 aromatic carbocycles. The summed E-state index contributed by atoms with van der Waals surface area (Å²) in [5.41, 5.74) is 0.305. The molecule has 140 valence electrons. The fourth-order valence-corrected chi connectivity index (χ4v) is 5.48. The van der Waals surface area contributed by atoms with Crippen LogP contribution in [0, 0.1) is 5.41 Å². The number of hydrogen-bond acceptors (Lipinski definition) is 4. The van der Waals surface area contributed by atoms with E-state index in [1.54, 1.807) is 11.3 Å². The monoisotopic (exact) mass is 364 g/mol. The van der Waals surface area contributed by atoms with E-state index in [0.29, 0.717) is 30.7 Å². The summed E-state index contributed by atoms with van der Waals surface area (Å²) in [6.07, 6.45) is 7.72. The van der Waals surface area contributed by atoms with Crippen molar-refractivity contribution in [3.05, 3.63) is 22.4 Å². The Hall–Kier alpha value is -0.910. The van der Waals surface area contributed by atoms with E-state index in [1.807, 2.05) is 6.07 Å². The van der Waals surface area contributed by atoms with Gasteiger partial charge in [-0.05, 0) is 50.6 Å². The molecular formula is C20H32N2O2S. The summed E-state index contributed by atoms with van der Waals surface area (Å²) in [5, 5.41) is 5.14. The van der Waals surface area contributed by atoms with Crippen molar-refractivity contribution in [2.45, 2.75) is 71.1 Å². The van der Waals surface area contributed by atoms with E-state index in [0.717, 1.165) is 26.0 Å². The molecule has 1 aromatic rings. The second kappa shape index (κ2) is 8.65. The van der Waals surface area contributed by atoms with Gasteiger partial charge in [0.15, 0.2) is 0 Å². The van der Waals surface area contributed by atoms with Crippen molar-refractivity contribution < 1.29 is 9.53 Å². The molecule has 1 spiro atoms. The van der Waals surface area contributed by atoms with Gasteiger partial charge in [-0.2, -0.15) is 0 Å². The van der Waals surface area contributed by atoms with E-state index >= 15 is 0 Å². The minimum atomic E-state index is 0.148. The van der Waals surface area contributed by atoms with Crippen molar-refractivity contribution in [1.82, 2.24) is 10.2 Å². The predicted molar refractivity (Wildman–Crippen MR) is 103 cm³/mol. The smallest absolute Gasteiger partial charge is 0.234 e. The van der Waals surface area contributed by atoms with Gasteiger partial charge in [0.05, 0.1) is 19.2 Å². The lowest BCUT2D eigenvalue weighted by atomic mass is 9.60. The van der Waals surface area contributed by atoms with Gasteiger partial charge in [-0.1, -0.05) is 25.8 Å². The first-order valence-electron chi connectivity index (χ1n) is 9.84. The molecule has 1 heterocycles. The van der Waals surface area contributed by atoms with E-state index in [9.17, 15) is 4.79 Å². The minimum absolute atomic E-state index is 0.148. The molecule has 2 aliphatic rings. The Kier molecular flexibility index (Phi) is 6.53. The molecule has 4 nitrogen and oxygen atoms in total. The average molecular weight is 365 g/mol. The van der Waals surface area contributed by atoms with Gasteiger partial charge < -0.3 is 10.1 Å². The van der Waals surface area contributed by atoms with E-state index in [1.165, 1.54) is 30.6 Å². The van der Waals surface area contributed by atoms with Gasteiger partial charge in [-0.25, -0.2) is 0 Å². The third kappa shape index (κ3) is 4.09. The number of thiophene rings is 1. The lowest BCUT2D eigenvalue weighted by Gasteiger charge is -2.57. The summed E-state index contributed by atoms with van der Waals surface area (Å²) in [4.78, 5) is 16.1. The highest BCUT2D eigenvalue weighted by Gasteiger charge is 2.58. The van der Waals surface area contributed by atoms with Crippen LogP contribution in [0.2, 0.25) is 0 Å². The number of nitrogens with zero attached hydrogens (tertiary/aromatic N) is 1.